The van der Waals surface area contributed by atoms with Crippen LogP contribution in [-0.2, 0) is 9.59 Å². The van der Waals surface area contributed by atoms with Gasteiger partial charge in [-0.05, 0) is 36.3 Å². The van der Waals surface area contributed by atoms with Crippen molar-refractivity contribution in [1.82, 2.24) is 20.1 Å². The number of amides is 1. The maximum absolute atomic E-state index is 12.6. The Morgan fingerprint density at radius 1 is 1.10 bits per heavy atom. The van der Waals surface area contributed by atoms with E-state index in [1.54, 1.807) is 0 Å². The number of rotatable bonds is 5. The molecule has 0 unspecified atom stereocenters. The molecule has 0 radical (unpaired) electrons. The highest BCUT2D eigenvalue weighted by molar-refractivity contribution is 6.30. The first kappa shape index (κ1) is 20.0. The quantitative estimate of drug-likeness (QED) is 0.680. The summed E-state index contributed by atoms with van der Waals surface area (Å²) in [4.78, 5) is 23.8. The van der Waals surface area contributed by atoms with E-state index in [4.69, 9.17) is 11.6 Å². The van der Waals surface area contributed by atoms with Crippen molar-refractivity contribution >= 4 is 28.9 Å². The van der Waals surface area contributed by atoms with Crippen molar-refractivity contribution in [1.29, 1.82) is 0 Å². The van der Waals surface area contributed by atoms with Crippen LogP contribution in [0.2, 0.25) is 5.02 Å². The van der Waals surface area contributed by atoms with Gasteiger partial charge in [-0.3, -0.25) is 14.2 Å². The number of carbonyl (C=O) groups excluding carboxylic acids is 2. The SMILES string of the molecule is CC(=O)NCC(=O)C[C@H]1C=C(c2ccc(Cl)cc2)c2ccccc2-n2c(C)nnc21. The first-order chi connectivity index (χ1) is 14.4. The summed E-state index contributed by atoms with van der Waals surface area (Å²) in [5.74, 6) is 0.876. The van der Waals surface area contributed by atoms with E-state index in [2.05, 4.69) is 27.7 Å². The Bertz CT molecular complexity index is 1150. The average molecular weight is 421 g/mol. The third kappa shape index (κ3) is 3.91. The average Bonchev–Trinajstić information content (AvgIpc) is 3.05. The summed E-state index contributed by atoms with van der Waals surface area (Å²) in [6.07, 6.45) is 2.28. The minimum Gasteiger partial charge on any atom is -0.349 e. The number of aryl methyl sites for hydroxylation is 1. The highest BCUT2D eigenvalue weighted by Gasteiger charge is 2.28. The molecule has 1 N–H and O–H groups in total. The van der Waals surface area contributed by atoms with Crippen LogP contribution < -0.4 is 5.32 Å². The lowest BCUT2D eigenvalue weighted by molar-refractivity contribution is -0.124. The van der Waals surface area contributed by atoms with E-state index in [9.17, 15) is 9.59 Å². The number of hydrogen-bond acceptors (Lipinski definition) is 4. The molecule has 0 saturated carbocycles. The zero-order chi connectivity index (χ0) is 21.3. The molecule has 1 aliphatic heterocycles. The lowest BCUT2D eigenvalue weighted by atomic mass is 9.92. The number of allylic oxidation sites excluding steroid dienone is 1. The molecule has 0 spiro atoms. The Morgan fingerprint density at radius 2 is 1.83 bits per heavy atom. The van der Waals surface area contributed by atoms with Gasteiger partial charge in [0.05, 0.1) is 12.2 Å². The number of ketones is 1. The molecule has 2 aromatic carbocycles. The Kier molecular flexibility index (Phi) is 5.50. The van der Waals surface area contributed by atoms with Gasteiger partial charge in [0.2, 0.25) is 5.91 Å². The third-order valence-electron chi connectivity index (χ3n) is 5.12. The van der Waals surface area contributed by atoms with Crippen LogP contribution in [0.25, 0.3) is 11.3 Å². The molecule has 30 heavy (non-hydrogen) atoms. The molecule has 2 heterocycles. The summed E-state index contributed by atoms with van der Waals surface area (Å²) < 4.78 is 2.01. The van der Waals surface area contributed by atoms with E-state index in [1.807, 2.05) is 54.0 Å². The lowest BCUT2D eigenvalue weighted by Gasteiger charge is -2.13. The number of halogens is 1. The van der Waals surface area contributed by atoms with Crippen LogP contribution in [0.1, 0.15) is 42.0 Å². The predicted octanol–water partition coefficient (Wildman–Crippen LogP) is 3.85. The van der Waals surface area contributed by atoms with Crippen molar-refractivity contribution in [3.8, 4) is 5.69 Å². The molecule has 1 aliphatic rings. The van der Waals surface area contributed by atoms with Crippen LogP contribution in [0.5, 0.6) is 0 Å². The Hall–Kier alpha value is -3.25. The largest absolute Gasteiger partial charge is 0.349 e. The number of carbonyl (C=O) groups is 2. The van der Waals surface area contributed by atoms with Crippen LogP contribution in [-0.4, -0.2) is 33.0 Å². The van der Waals surface area contributed by atoms with Gasteiger partial charge in [0.15, 0.2) is 5.78 Å². The summed E-state index contributed by atoms with van der Waals surface area (Å²) in [6.45, 7) is 3.29. The third-order valence-corrected chi connectivity index (χ3v) is 5.37. The van der Waals surface area contributed by atoms with E-state index in [1.165, 1.54) is 6.92 Å². The fraction of sp³-hybridized carbons (Fsp3) is 0.217. The van der Waals surface area contributed by atoms with Gasteiger partial charge >= 0.3 is 0 Å². The van der Waals surface area contributed by atoms with Crippen LogP contribution in [0, 0.1) is 6.92 Å². The second kappa shape index (κ2) is 8.24. The van der Waals surface area contributed by atoms with E-state index in [-0.39, 0.29) is 30.6 Å². The normalized spacial score (nSPS) is 14.9. The van der Waals surface area contributed by atoms with Crippen LogP contribution in [0.15, 0.2) is 54.6 Å². The summed E-state index contributed by atoms with van der Waals surface area (Å²) >= 11 is 6.10. The molecular formula is C23H21ClN4O2. The number of hydrogen-bond donors (Lipinski definition) is 1. The molecular weight excluding hydrogens is 400 g/mol. The second-order valence-electron chi connectivity index (χ2n) is 7.30. The highest BCUT2D eigenvalue weighted by atomic mass is 35.5. The molecule has 0 aliphatic carbocycles. The minimum absolute atomic E-state index is 0.00395. The van der Waals surface area contributed by atoms with Crippen LogP contribution in [0.4, 0.5) is 0 Å². The van der Waals surface area contributed by atoms with Crippen LogP contribution >= 0.6 is 11.6 Å². The Morgan fingerprint density at radius 3 is 2.57 bits per heavy atom. The van der Waals surface area contributed by atoms with Gasteiger partial charge in [-0.1, -0.05) is 48.0 Å². The fourth-order valence-electron chi connectivity index (χ4n) is 3.75. The summed E-state index contributed by atoms with van der Waals surface area (Å²) in [6, 6.07) is 15.7. The van der Waals surface area contributed by atoms with E-state index >= 15 is 0 Å². The molecule has 1 amide bonds. The van der Waals surface area contributed by atoms with Gasteiger partial charge in [-0.25, -0.2) is 0 Å². The summed E-state index contributed by atoms with van der Waals surface area (Å²) in [5.41, 5.74) is 4.00. The molecule has 3 aromatic rings. The van der Waals surface area contributed by atoms with Gasteiger partial charge in [-0.15, -0.1) is 10.2 Å². The van der Waals surface area contributed by atoms with Crippen molar-refractivity contribution in [2.45, 2.75) is 26.2 Å². The van der Waals surface area contributed by atoms with E-state index in [0.717, 1.165) is 28.2 Å². The summed E-state index contributed by atoms with van der Waals surface area (Å²) in [7, 11) is 0. The topological polar surface area (TPSA) is 76.9 Å². The van der Waals surface area contributed by atoms with E-state index < -0.39 is 0 Å². The first-order valence-corrected chi connectivity index (χ1v) is 10.1. The Balaban J connectivity index is 1.84. The highest BCUT2D eigenvalue weighted by Crippen LogP contribution is 2.38. The number of nitrogens with zero attached hydrogens (tertiary/aromatic N) is 3. The van der Waals surface area contributed by atoms with Crippen molar-refractivity contribution in [2.75, 3.05) is 6.54 Å². The van der Waals surface area contributed by atoms with Crippen LogP contribution in [0.3, 0.4) is 0 Å². The lowest BCUT2D eigenvalue weighted by Crippen LogP contribution is -2.28. The number of aromatic nitrogens is 3. The van der Waals surface area contributed by atoms with Crippen molar-refractivity contribution in [3.63, 3.8) is 0 Å². The van der Waals surface area contributed by atoms with Crippen molar-refractivity contribution < 1.29 is 9.59 Å². The van der Waals surface area contributed by atoms with Gasteiger partial charge < -0.3 is 5.32 Å². The van der Waals surface area contributed by atoms with Gasteiger partial charge in [-0.2, -0.15) is 0 Å². The predicted molar refractivity (Wildman–Crippen MR) is 116 cm³/mol. The molecule has 4 rings (SSSR count). The molecule has 1 aromatic heterocycles. The minimum atomic E-state index is -0.287. The van der Waals surface area contributed by atoms with Gasteiger partial charge in [0.25, 0.3) is 0 Å². The fourth-order valence-corrected chi connectivity index (χ4v) is 3.88. The standard InChI is InChI=1S/C23H21ClN4O2/c1-14-26-27-23-17(11-19(30)13-25-15(2)29)12-21(16-7-9-18(24)10-8-16)20-5-3-4-6-22(20)28(14)23/h3-10,12,17H,11,13H2,1-2H3,(H,25,29)/t17-/m0/s1. The van der Waals surface area contributed by atoms with Crippen molar-refractivity contribution in [2.24, 2.45) is 0 Å². The molecule has 1 atom stereocenters. The van der Waals surface area contributed by atoms with Crippen molar-refractivity contribution in [3.05, 3.63) is 82.4 Å². The van der Waals surface area contributed by atoms with Gasteiger partial charge in [0, 0.05) is 29.8 Å². The number of para-hydroxylation sites is 1. The molecule has 152 valence electrons. The molecule has 0 bridgehead atoms. The molecule has 6 nitrogen and oxygen atoms in total. The smallest absolute Gasteiger partial charge is 0.217 e. The maximum Gasteiger partial charge on any atom is 0.217 e. The number of benzene rings is 2. The second-order valence-corrected chi connectivity index (χ2v) is 7.74. The zero-order valence-electron chi connectivity index (χ0n) is 16.7. The zero-order valence-corrected chi connectivity index (χ0v) is 17.5. The number of nitrogens with one attached hydrogen (secondary N) is 1. The molecule has 7 heteroatoms. The first-order valence-electron chi connectivity index (χ1n) is 9.69. The maximum atomic E-state index is 12.6. The number of Topliss-reactive ketones (excluding diaryl/α,β-unsaturated/α-hetero) is 1. The number of fused-ring (bicyclic) bond motifs is 3. The molecule has 0 fully saturated rings. The summed E-state index contributed by atoms with van der Waals surface area (Å²) in [5, 5.41) is 11.9. The Labute approximate surface area is 179 Å². The van der Waals surface area contributed by atoms with E-state index in [0.29, 0.717) is 10.8 Å². The molecule has 0 saturated heterocycles. The monoisotopic (exact) mass is 420 g/mol. The van der Waals surface area contributed by atoms with Gasteiger partial charge in [0.1, 0.15) is 11.6 Å².